The Hall–Kier alpha value is -2.56. The molecule has 0 aliphatic heterocycles. The van der Waals surface area contributed by atoms with Crippen molar-refractivity contribution in [1.29, 1.82) is 0 Å². The smallest absolute Gasteiger partial charge is 0.274 e. The summed E-state index contributed by atoms with van der Waals surface area (Å²) in [5.41, 5.74) is 2.13. The summed E-state index contributed by atoms with van der Waals surface area (Å²) in [5, 5.41) is 15.4. The highest BCUT2D eigenvalue weighted by Crippen LogP contribution is 2.28. The summed E-state index contributed by atoms with van der Waals surface area (Å²) < 4.78 is 1.73. The molecule has 5 nitrogen and oxygen atoms in total. The fraction of sp³-hybridized carbons (Fsp3) is 0.333. The number of phenols is 1. The molecule has 1 aliphatic carbocycles. The average Bonchev–Trinajstić information content (AvgIpc) is 2.70. The Balaban J connectivity index is 2.09. The van der Waals surface area contributed by atoms with Crippen molar-refractivity contribution >= 4 is 16.8 Å². The van der Waals surface area contributed by atoms with Gasteiger partial charge in [-0.2, -0.15) is 5.10 Å². The van der Waals surface area contributed by atoms with Crippen molar-refractivity contribution in [3.8, 4) is 5.75 Å². The third-order valence-electron chi connectivity index (χ3n) is 4.00. The Bertz CT molecular complexity index is 800. The van der Waals surface area contributed by atoms with Crippen LogP contribution < -0.4 is 0 Å². The lowest BCUT2D eigenvalue weighted by Crippen LogP contribution is -2.22. The summed E-state index contributed by atoms with van der Waals surface area (Å²) in [4.78, 5) is 13.9. The van der Waals surface area contributed by atoms with E-state index in [0.29, 0.717) is 23.1 Å². The summed E-state index contributed by atoms with van der Waals surface area (Å²) in [6.07, 6.45) is 9.73. The van der Waals surface area contributed by atoms with Crippen LogP contribution in [0.5, 0.6) is 5.75 Å². The summed E-state index contributed by atoms with van der Waals surface area (Å²) in [7, 11) is 3.40. The molecule has 23 heavy (non-hydrogen) atoms. The lowest BCUT2D eigenvalue weighted by Gasteiger charge is -2.07. The first-order valence-electron chi connectivity index (χ1n) is 7.83. The molecule has 5 heteroatoms. The van der Waals surface area contributed by atoms with Gasteiger partial charge < -0.3 is 10.0 Å². The summed E-state index contributed by atoms with van der Waals surface area (Å²) in [5.74, 6) is -0.0178. The number of amides is 1. The number of hydrogen-bond acceptors (Lipinski definition) is 3. The second kappa shape index (κ2) is 6.28. The fourth-order valence-electron chi connectivity index (χ4n) is 2.82. The van der Waals surface area contributed by atoms with E-state index >= 15 is 0 Å². The zero-order valence-electron chi connectivity index (χ0n) is 13.5. The first kappa shape index (κ1) is 15.3. The lowest BCUT2D eigenvalue weighted by atomic mass is 10.1. The molecule has 2 aromatic rings. The Labute approximate surface area is 135 Å². The number of rotatable bonds is 3. The highest BCUT2D eigenvalue weighted by atomic mass is 16.3. The molecule has 0 radical (unpaired) electrons. The molecule has 0 saturated carbocycles. The van der Waals surface area contributed by atoms with E-state index in [0.717, 1.165) is 24.8 Å². The topological polar surface area (TPSA) is 58.4 Å². The largest absolute Gasteiger partial charge is 0.506 e. The predicted molar refractivity (Wildman–Crippen MR) is 90.5 cm³/mol. The van der Waals surface area contributed by atoms with Crippen LogP contribution in [0.15, 0.2) is 42.0 Å². The zero-order chi connectivity index (χ0) is 16.4. The van der Waals surface area contributed by atoms with Gasteiger partial charge in [-0.25, -0.2) is 0 Å². The normalized spacial score (nSPS) is 14.6. The molecule has 0 spiro atoms. The monoisotopic (exact) mass is 311 g/mol. The molecule has 0 fully saturated rings. The molecule has 0 atom stereocenters. The van der Waals surface area contributed by atoms with Gasteiger partial charge in [0.25, 0.3) is 5.91 Å². The number of hydrogen-bond donors (Lipinski definition) is 1. The van der Waals surface area contributed by atoms with E-state index < -0.39 is 0 Å². The predicted octanol–water partition coefficient (Wildman–Crippen LogP) is 3.11. The minimum Gasteiger partial charge on any atom is -0.506 e. The molecule has 1 aromatic carbocycles. The van der Waals surface area contributed by atoms with Crippen molar-refractivity contribution in [3.05, 3.63) is 47.7 Å². The minimum absolute atomic E-state index is 0.144. The first-order chi connectivity index (χ1) is 11.1. The Morgan fingerprint density at radius 1 is 1.35 bits per heavy atom. The van der Waals surface area contributed by atoms with Gasteiger partial charge in [-0.1, -0.05) is 30.4 Å². The van der Waals surface area contributed by atoms with Gasteiger partial charge in [0.2, 0.25) is 0 Å². The van der Waals surface area contributed by atoms with E-state index in [1.165, 1.54) is 4.90 Å². The molecule has 3 rings (SSSR count). The van der Waals surface area contributed by atoms with Crippen LogP contribution in [0.2, 0.25) is 0 Å². The van der Waals surface area contributed by atoms with E-state index in [-0.39, 0.29) is 11.7 Å². The number of aromatic hydroxyl groups is 1. The standard InChI is InChI=1S/C18H21N3O2/c1-20(2)18(23)16-14-10-7-11-15(22)17(14)21(19-16)12-13-8-5-3-4-6-9-13/h5,7-11,22H,3-4,6,12H2,1-2H3. The number of carbonyl (C=O) groups excluding carboxylic acids is 1. The SMILES string of the molecule is CN(C)C(=O)c1nn(CC2=CCCCC=C2)c2c(O)cccc12. The molecule has 1 heterocycles. The number of phenolic OH excluding ortho intramolecular Hbond substituents is 1. The van der Waals surface area contributed by atoms with Crippen LogP contribution in [-0.2, 0) is 6.54 Å². The summed E-state index contributed by atoms with van der Waals surface area (Å²) in [6, 6.07) is 5.19. The maximum atomic E-state index is 12.4. The molecule has 0 bridgehead atoms. The minimum atomic E-state index is -0.162. The van der Waals surface area contributed by atoms with Crippen molar-refractivity contribution in [1.82, 2.24) is 14.7 Å². The third-order valence-corrected chi connectivity index (χ3v) is 4.00. The highest BCUT2D eigenvalue weighted by Gasteiger charge is 2.20. The van der Waals surface area contributed by atoms with E-state index in [1.54, 1.807) is 30.9 Å². The van der Waals surface area contributed by atoms with Crippen LogP contribution in [-0.4, -0.2) is 39.8 Å². The van der Waals surface area contributed by atoms with Crippen LogP contribution >= 0.6 is 0 Å². The van der Waals surface area contributed by atoms with Crippen molar-refractivity contribution in [3.63, 3.8) is 0 Å². The van der Waals surface area contributed by atoms with Crippen LogP contribution in [0.4, 0.5) is 0 Å². The van der Waals surface area contributed by atoms with Crippen molar-refractivity contribution in [2.75, 3.05) is 14.1 Å². The van der Waals surface area contributed by atoms with Crippen LogP contribution in [0.3, 0.4) is 0 Å². The van der Waals surface area contributed by atoms with Gasteiger partial charge in [-0.05, 0) is 30.9 Å². The number of benzene rings is 1. The molecule has 1 aromatic heterocycles. The van der Waals surface area contributed by atoms with Gasteiger partial charge in [0.1, 0.15) is 11.3 Å². The molecule has 1 N–H and O–H groups in total. The second-order valence-corrected chi connectivity index (χ2v) is 5.99. The fourth-order valence-corrected chi connectivity index (χ4v) is 2.82. The molecule has 0 unspecified atom stereocenters. The number of carbonyl (C=O) groups is 1. The molecular weight excluding hydrogens is 290 g/mol. The van der Waals surface area contributed by atoms with E-state index in [1.807, 2.05) is 6.07 Å². The van der Waals surface area contributed by atoms with Gasteiger partial charge >= 0.3 is 0 Å². The maximum Gasteiger partial charge on any atom is 0.274 e. The third kappa shape index (κ3) is 2.99. The molecular formula is C18H21N3O2. The first-order valence-corrected chi connectivity index (χ1v) is 7.83. The molecule has 1 amide bonds. The number of allylic oxidation sites excluding steroid dienone is 4. The Morgan fingerprint density at radius 3 is 2.96 bits per heavy atom. The Kier molecular flexibility index (Phi) is 4.19. The lowest BCUT2D eigenvalue weighted by molar-refractivity contribution is 0.0823. The van der Waals surface area contributed by atoms with E-state index in [9.17, 15) is 9.90 Å². The number of fused-ring (bicyclic) bond motifs is 1. The van der Waals surface area contributed by atoms with Crippen LogP contribution in [0.1, 0.15) is 29.8 Å². The molecule has 1 aliphatic rings. The van der Waals surface area contributed by atoms with E-state index in [2.05, 4.69) is 23.3 Å². The maximum absolute atomic E-state index is 12.4. The number of aromatic nitrogens is 2. The molecule has 0 saturated heterocycles. The van der Waals surface area contributed by atoms with E-state index in [4.69, 9.17) is 0 Å². The summed E-state index contributed by atoms with van der Waals surface area (Å²) in [6.45, 7) is 0.547. The number of para-hydroxylation sites is 1. The van der Waals surface area contributed by atoms with Crippen molar-refractivity contribution < 1.29 is 9.90 Å². The van der Waals surface area contributed by atoms with Crippen LogP contribution in [0.25, 0.3) is 10.9 Å². The zero-order valence-corrected chi connectivity index (χ0v) is 13.5. The Morgan fingerprint density at radius 2 is 2.17 bits per heavy atom. The van der Waals surface area contributed by atoms with Gasteiger partial charge in [0.05, 0.1) is 6.54 Å². The van der Waals surface area contributed by atoms with Crippen LogP contribution in [0, 0.1) is 0 Å². The number of nitrogens with zero attached hydrogens (tertiary/aromatic N) is 3. The average molecular weight is 311 g/mol. The van der Waals surface area contributed by atoms with Gasteiger partial charge in [0, 0.05) is 19.5 Å². The second-order valence-electron chi connectivity index (χ2n) is 5.99. The van der Waals surface area contributed by atoms with Gasteiger partial charge in [-0.3, -0.25) is 9.48 Å². The van der Waals surface area contributed by atoms with Gasteiger partial charge in [-0.15, -0.1) is 0 Å². The molecule has 120 valence electrons. The highest BCUT2D eigenvalue weighted by molar-refractivity contribution is 6.06. The van der Waals surface area contributed by atoms with Crippen molar-refractivity contribution in [2.24, 2.45) is 0 Å². The quantitative estimate of drug-likeness (QED) is 0.947. The van der Waals surface area contributed by atoms with Gasteiger partial charge in [0.15, 0.2) is 5.69 Å². The summed E-state index contributed by atoms with van der Waals surface area (Å²) >= 11 is 0. The van der Waals surface area contributed by atoms with Crippen molar-refractivity contribution in [2.45, 2.75) is 25.8 Å².